The zero-order chi connectivity index (χ0) is 13.0. The number of benzene rings is 1. The summed E-state index contributed by atoms with van der Waals surface area (Å²) in [5, 5.41) is 12.1. The molecule has 0 aliphatic carbocycles. The van der Waals surface area contributed by atoms with Crippen molar-refractivity contribution in [2.45, 2.75) is 39.3 Å². The summed E-state index contributed by atoms with van der Waals surface area (Å²) in [7, 11) is 0. The van der Waals surface area contributed by atoms with E-state index in [-0.39, 0.29) is 11.9 Å². The molecule has 0 aromatic heterocycles. The molecule has 0 aliphatic rings. The summed E-state index contributed by atoms with van der Waals surface area (Å²) in [5.74, 6) is -0.117. The normalized spacial score (nSPS) is 14.2. The molecule has 2 atom stereocenters. The Morgan fingerprint density at radius 2 is 2.12 bits per heavy atom. The fraction of sp³-hybridized carbons (Fsp3) is 0.462. The number of rotatable bonds is 4. The van der Waals surface area contributed by atoms with Gasteiger partial charge in [0.25, 0.3) is 5.91 Å². The second-order valence-corrected chi connectivity index (χ2v) is 5.19. The summed E-state index contributed by atoms with van der Waals surface area (Å²) < 4.78 is 0.821. The number of carbonyl (C=O) groups is 1. The quantitative estimate of drug-likeness (QED) is 0.898. The molecule has 0 aliphatic heterocycles. The topological polar surface area (TPSA) is 49.3 Å². The largest absolute Gasteiger partial charge is 0.393 e. The third-order valence-electron chi connectivity index (χ3n) is 2.51. The Morgan fingerprint density at radius 1 is 1.47 bits per heavy atom. The average molecular weight is 300 g/mol. The molecule has 2 unspecified atom stereocenters. The molecular weight excluding hydrogens is 282 g/mol. The smallest absolute Gasteiger partial charge is 0.252 e. The Hall–Kier alpha value is -0.870. The van der Waals surface area contributed by atoms with E-state index in [2.05, 4.69) is 21.2 Å². The number of halogens is 1. The van der Waals surface area contributed by atoms with Gasteiger partial charge in [0, 0.05) is 10.5 Å². The zero-order valence-corrected chi connectivity index (χ0v) is 11.9. The van der Waals surface area contributed by atoms with Crippen molar-refractivity contribution in [3.8, 4) is 0 Å². The predicted octanol–water partition coefficient (Wildman–Crippen LogP) is 2.65. The molecule has 0 fully saturated rings. The molecule has 1 amide bonds. The van der Waals surface area contributed by atoms with Crippen molar-refractivity contribution in [2.75, 3.05) is 0 Å². The second kappa shape index (κ2) is 6.17. The van der Waals surface area contributed by atoms with Crippen molar-refractivity contribution < 1.29 is 9.90 Å². The van der Waals surface area contributed by atoms with Crippen LogP contribution in [0.2, 0.25) is 0 Å². The van der Waals surface area contributed by atoms with Gasteiger partial charge in [-0.3, -0.25) is 4.79 Å². The highest BCUT2D eigenvalue weighted by Gasteiger charge is 2.14. The molecule has 17 heavy (non-hydrogen) atoms. The first-order valence-electron chi connectivity index (χ1n) is 5.66. The van der Waals surface area contributed by atoms with E-state index in [9.17, 15) is 9.90 Å². The van der Waals surface area contributed by atoms with Gasteiger partial charge in [0.15, 0.2) is 0 Å². The van der Waals surface area contributed by atoms with E-state index in [1.165, 1.54) is 0 Å². The average Bonchev–Trinajstić information content (AvgIpc) is 2.20. The van der Waals surface area contributed by atoms with Crippen LogP contribution in [0.4, 0.5) is 0 Å². The lowest BCUT2D eigenvalue weighted by Gasteiger charge is -2.16. The lowest BCUT2D eigenvalue weighted by Crippen LogP contribution is -2.34. The van der Waals surface area contributed by atoms with Crippen LogP contribution in [0.5, 0.6) is 0 Å². The van der Waals surface area contributed by atoms with Crippen molar-refractivity contribution in [3.05, 3.63) is 33.8 Å². The molecule has 1 rings (SSSR count). The summed E-state index contributed by atoms with van der Waals surface area (Å²) in [6.45, 7) is 5.54. The van der Waals surface area contributed by atoms with Gasteiger partial charge in [-0.2, -0.15) is 0 Å². The van der Waals surface area contributed by atoms with Crippen LogP contribution < -0.4 is 5.32 Å². The van der Waals surface area contributed by atoms with Crippen molar-refractivity contribution in [3.63, 3.8) is 0 Å². The Bertz CT molecular complexity index is 404. The van der Waals surface area contributed by atoms with Gasteiger partial charge in [-0.05, 0) is 54.8 Å². The molecular formula is C13H18BrNO2. The molecule has 3 nitrogen and oxygen atoms in total. The SMILES string of the molecule is Cc1cccc(C(=O)NC(C)CC(C)O)c1Br. The van der Waals surface area contributed by atoms with Crippen LogP contribution in [0, 0.1) is 6.92 Å². The minimum absolute atomic E-state index is 0.0464. The number of hydrogen-bond donors (Lipinski definition) is 2. The van der Waals surface area contributed by atoms with E-state index in [1.54, 1.807) is 13.0 Å². The number of aliphatic hydroxyl groups is 1. The van der Waals surface area contributed by atoms with Crippen LogP contribution in [0.3, 0.4) is 0 Å². The van der Waals surface area contributed by atoms with Crippen LogP contribution in [0.15, 0.2) is 22.7 Å². The first-order chi connectivity index (χ1) is 7.91. The molecule has 0 saturated heterocycles. The van der Waals surface area contributed by atoms with E-state index in [0.717, 1.165) is 10.0 Å². The Labute approximate surface area is 110 Å². The van der Waals surface area contributed by atoms with Crippen LogP contribution >= 0.6 is 15.9 Å². The van der Waals surface area contributed by atoms with E-state index in [4.69, 9.17) is 0 Å². The number of amides is 1. The Morgan fingerprint density at radius 3 is 2.71 bits per heavy atom. The fourth-order valence-corrected chi connectivity index (χ4v) is 2.14. The highest BCUT2D eigenvalue weighted by atomic mass is 79.9. The third kappa shape index (κ3) is 4.13. The Balaban J connectivity index is 2.73. The molecule has 1 aromatic rings. The highest BCUT2D eigenvalue weighted by Crippen LogP contribution is 2.21. The summed E-state index contributed by atoms with van der Waals surface area (Å²) in [6, 6.07) is 5.53. The number of aliphatic hydroxyl groups excluding tert-OH is 1. The molecule has 2 N–H and O–H groups in total. The van der Waals surface area contributed by atoms with Crippen LogP contribution in [-0.2, 0) is 0 Å². The highest BCUT2D eigenvalue weighted by molar-refractivity contribution is 9.10. The monoisotopic (exact) mass is 299 g/mol. The first kappa shape index (κ1) is 14.2. The third-order valence-corrected chi connectivity index (χ3v) is 3.56. The van der Waals surface area contributed by atoms with Crippen LogP contribution in [0.25, 0.3) is 0 Å². The summed E-state index contributed by atoms with van der Waals surface area (Å²) in [5.41, 5.74) is 1.66. The lowest BCUT2D eigenvalue weighted by molar-refractivity contribution is 0.0922. The molecule has 0 radical (unpaired) electrons. The maximum Gasteiger partial charge on any atom is 0.252 e. The molecule has 1 aromatic carbocycles. The predicted molar refractivity (Wildman–Crippen MR) is 72.1 cm³/mol. The molecule has 0 heterocycles. The molecule has 0 bridgehead atoms. The summed E-state index contributed by atoms with van der Waals surface area (Å²) >= 11 is 3.41. The van der Waals surface area contributed by atoms with Crippen molar-refractivity contribution in [2.24, 2.45) is 0 Å². The zero-order valence-electron chi connectivity index (χ0n) is 10.3. The first-order valence-corrected chi connectivity index (χ1v) is 6.45. The number of aryl methyl sites for hydroxylation is 1. The van der Waals surface area contributed by atoms with Gasteiger partial charge in [0.1, 0.15) is 0 Å². The number of carbonyl (C=O) groups excluding carboxylic acids is 1. The van der Waals surface area contributed by atoms with E-state index < -0.39 is 6.10 Å². The van der Waals surface area contributed by atoms with Gasteiger partial charge in [-0.25, -0.2) is 0 Å². The molecule has 0 saturated carbocycles. The maximum atomic E-state index is 12.0. The summed E-state index contributed by atoms with van der Waals surface area (Å²) in [6.07, 6.45) is 0.140. The fourth-order valence-electron chi connectivity index (χ4n) is 1.69. The molecule has 94 valence electrons. The van der Waals surface area contributed by atoms with Gasteiger partial charge in [-0.15, -0.1) is 0 Å². The second-order valence-electron chi connectivity index (χ2n) is 4.40. The minimum atomic E-state index is -0.411. The van der Waals surface area contributed by atoms with Gasteiger partial charge >= 0.3 is 0 Å². The van der Waals surface area contributed by atoms with Crippen LogP contribution in [0.1, 0.15) is 36.2 Å². The standard InChI is InChI=1S/C13H18BrNO2/c1-8-5-4-6-11(12(8)14)13(17)15-9(2)7-10(3)16/h4-6,9-10,16H,7H2,1-3H3,(H,15,17). The van der Waals surface area contributed by atoms with Crippen molar-refractivity contribution in [1.29, 1.82) is 0 Å². The Kier molecular flexibility index (Phi) is 5.15. The minimum Gasteiger partial charge on any atom is -0.393 e. The molecule has 0 spiro atoms. The lowest BCUT2D eigenvalue weighted by atomic mass is 10.1. The van der Waals surface area contributed by atoms with Gasteiger partial charge in [0.2, 0.25) is 0 Å². The van der Waals surface area contributed by atoms with E-state index in [1.807, 2.05) is 26.0 Å². The summed E-state index contributed by atoms with van der Waals surface area (Å²) in [4.78, 5) is 12.0. The van der Waals surface area contributed by atoms with E-state index >= 15 is 0 Å². The number of nitrogens with one attached hydrogen (secondary N) is 1. The van der Waals surface area contributed by atoms with Gasteiger partial charge < -0.3 is 10.4 Å². The number of hydrogen-bond acceptors (Lipinski definition) is 2. The molecule has 4 heteroatoms. The van der Waals surface area contributed by atoms with Crippen molar-refractivity contribution in [1.82, 2.24) is 5.32 Å². The van der Waals surface area contributed by atoms with Crippen molar-refractivity contribution >= 4 is 21.8 Å². The van der Waals surface area contributed by atoms with Crippen LogP contribution in [-0.4, -0.2) is 23.2 Å². The van der Waals surface area contributed by atoms with Gasteiger partial charge in [0.05, 0.1) is 11.7 Å². The van der Waals surface area contributed by atoms with Gasteiger partial charge in [-0.1, -0.05) is 12.1 Å². The maximum absolute atomic E-state index is 12.0. The van der Waals surface area contributed by atoms with E-state index in [0.29, 0.717) is 12.0 Å².